The van der Waals surface area contributed by atoms with Gasteiger partial charge < -0.3 is 9.64 Å². The van der Waals surface area contributed by atoms with Gasteiger partial charge in [-0.3, -0.25) is 14.4 Å². The van der Waals surface area contributed by atoms with Crippen LogP contribution in [0.3, 0.4) is 0 Å². The first kappa shape index (κ1) is 27.1. The van der Waals surface area contributed by atoms with Crippen LogP contribution >= 0.6 is 0 Å². The molecule has 2 fully saturated rings. The normalized spacial score (nSPS) is 22.1. The van der Waals surface area contributed by atoms with Gasteiger partial charge >= 0.3 is 0 Å². The third kappa shape index (κ3) is 6.14. The number of nitrogens with one attached hydrogen (secondary N) is 1. The molecule has 9 nitrogen and oxygen atoms in total. The molecule has 0 saturated carbocycles. The standard InChI is InChI=1S/C27H35N3O6S/c1-19(2)15-26(31)29-14-13-21-16-24(27(32)28-36-18-20-7-5-4-6-8-20)30(25(21)17-29)37(33,34)23-11-9-22(35-3)10-12-23/h4-12,19,21,24-25H,13-18H2,1-3H3,(H,28,32)/t21?,24?,25-/m0/s1. The minimum Gasteiger partial charge on any atom is -0.497 e. The maximum absolute atomic E-state index is 13.9. The molecular weight excluding hydrogens is 494 g/mol. The van der Waals surface area contributed by atoms with Gasteiger partial charge in [-0.2, -0.15) is 4.31 Å². The number of carbonyl (C=O) groups is 2. The Bertz CT molecular complexity index is 1190. The van der Waals surface area contributed by atoms with E-state index in [4.69, 9.17) is 9.57 Å². The van der Waals surface area contributed by atoms with Crippen molar-refractivity contribution in [1.82, 2.24) is 14.7 Å². The number of fused-ring (bicyclic) bond motifs is 1. The highest BCUT2D eigenvalue weighted by Gasteiger charge is 2.52. The molecule has 1 N–H and O–H groups in total. The highest BCUT2D eigenvalue weighted by atomic mass is 32.2. The average Bonchev–Trinajstić information content (AvgIpc) is 3.29. The van der Waals surface area contributed by atoms with Crippen LogP contribution in [0, 0.1) is 11.8 Å². The van der Waals surface area contributed by atoms with E-state index in [1.165, 1.54) is 23.5 Å². The van der Waals surface area contributed by atoms with Gasteiger partial charge in [-0.05, 0) is 54.5 Å². The van der Waals surface area contributed by atoms with Crippen molar-refractivity contribution in [2.75, 3.05) is 20.2 Å². The lowest BCUT2D eigenvalue weighted by molar-refractivity contribution is -0.138. The Morgan fingerprint density at radius 3 is 2.43 bits per heavy atom. The lowest BCUT2D eigenvalue weighted by Crippen LogP contribution is -2.54. The van der Waals surface area contributed by atoms with E-state index in [-0.39, 0.29) is 35.8 Å². The third-order valence-corrected chi connectivity index (χ3v) is 8.96. The summed E-state index contributed by atoms with van der Waals surface area (Å²) in [6.07, 6.45) is 1.41. The molecule has 0 aromatic heterocycles. The van der Waals surface area contributed by atoms with Crippen molar-refractivity contribution in [3.63, 3.8) is 0 Å². The molecule has 2 unspecified atom stereocenters. The second-order valence-corrected chi connectivity index (χ2v) is 11.9. The number of methoxy groups -OCH3 is 1. The maximum atomic E-state index is 13.9. The summed E-state index contributed by atoms with van der Waals surface area (Å²) >= 11 is 0. The van der Waals surface area contributed by atoms with Gasteiger partial charge in [-0.1, -0.05) is 44.2 Å². The zero-order valence-electron chi connectivity index (χ0n) is 21.5. The van der Waals surface area contributed by atoms with Gasteiger partial charge in [0.25, 0.3) is 5.91 Å². The molecule has 2 aromatic carbocycles. The van der Waals surface area contributed by atoms with Gasteiger partial charge in [0.15, 0.2) is 0 Å². The zero-order chi connectivity index (χ0) is 26.6. The second-order valence-electron chi connectivity index (χ2n) is 10.1. The predicted molar refractivity (Wildman–Crippen MR) is 138 cm³/mol. The first-order valence-electron chi connectivity index (χ1n) is 12.6. The Kier molecular flexibility index (Phi) is 8.51. The molecule has 4 rings (SSSR count). The van der Waals surface area contributed by atoms with Gasteiger partial charge in [0.05, 0.1) is 18.6 Å². The van der Waals surface area contributed by atoms with Crippen molar-refractivity contribution in [2.45, 2.75) is 56.7 Å². The van der Waals surface area contributed by atoms with Crippen LogP contribution in [-0.2, 0) is 31.1 Å². The highest BCUT2D eigenvalue weighted by Crippen LogP contribution is 2.40. The van der Waals surface area contributed by atoms with Crippen LogP contribution in [0.25, 0.3) is 0 Å². The van der Waals surface area contributed by atoms with Gasteiger partial charge in [-0.25, -0.2) is 13.9 Å². The zero-order valence-corrected chi connectivity index (χ0v) is 22.3. The first-order chi connectivity index (χ1) is 17.7. The number of ether oxygens (including phenoxy) is 1. The molecule has 2 aromatic rings. The summed E-state index contributed by atoms with van der Waals surface area (Å²) in [5, 5.41) is 0. The molecule has 2 heterocycles. The van der Waals surface area contributed by atoms with Crippen molar-refractivity contribution < 1.29 is 27.6 Å². The number of sulfonamides is 1. The number of amides is 2. The van der Waals surface area contributed by atoms with Crippen molar-refractivity contribution in [3.05, 3.63) is 60.2 Å². The van der Waals surface area contributed by atoms with Gasteiger partial charge in [0.1, 0.15) is 11.8 Å². The van der Waals surface area contributed by atoms with Crippen LogP contribution in [0.1, 0.15) is 38.7 Å². The number of nitrogens with zero attached hydrogens (tertiary/aromatic N) is 2. The summed E-state index contributed by atoms with van der Waals surface area (Å²) in [6, 6.07) is 14.1. The molecule has 10 heteroatoms. The topological polar surface area (TPSA) is 105 Å². The van der Waals surface area contributed by atoms with E-state index >= 15 is 0 Å². The van der Waals surface area contributed by atoms with E-state index in [1.807, 2.05) is 44.2 Å². The second kappa shape index (κ2) is 11.6. The summed E-state index contributed by atoms with van der Waals surface area (Å²) in [5.74, 6) is 0.191. The largest absolute Gasteiger partial charge is 0.497 e. The Balaban J connectivity index is 1.58. The van der Waals surface area contributed by atoms with Crippen molar-refractivity contribution in [1.29, 1.82) is 0 Å². The van der Waals surface area contributed by atoms with Crippen molar-refractivity contribution in [3.8, 4) is 5.75 Å². The lowest BCUT2D eigenvalue weighted by atomic mass is 9.91. The summed E-state index contributed by atoms with van der Waals surface area (Å²) in [5.41, 5.74) is 3.35. The molecule has 0 bridgehead atoms. The van der Waals surface area contributed by atoms with Crippen LogP contribution in [0.4, 0.5) is 0 Å². The number of hydrogen-bond acceptors (Lipinski definition) is 6. The maximum Gasteiger partial charge on any atom is 0.262 e. The number of benzene rings is 2. The number of carbonyl (C=O) groups excluding carboxylic acids is 2. The third-order valence-electron chi connectivity index (χ3n) is 7.01. The summed E-state index contributed by atoms with van der Waals surface area (Å²) in [7, 11) is -2.55. The fourth-order valence-corrected chi connectivity index (χ4v) is 6.98. The quantitative estimate of drug-likeness (QED) is 0.501. The molecule has 0 radical (unpaired) electrons. The number of piperidine rings is 1. The van der Waals surface area contributed by atoms with Gasteiger partial charge in [0, 0.05) is 25.6 Å². The monoisotopic (exact) mass is 529 g/mol. The van der Waals surface area contributed by atoms with Gasteiger partial charge in [0.2, 0.25) is 15.9 Å². The van der Waals surface area contributed by atoms with Crippen molar-refractivity contribution >= 4 is 21.8 Å². The average molecular weight is 530 g/mol. The van der Waals surface area contributed by atoms with E-state index in [1.54, 1.807) is 17.0 Å². The Morgan fingerprint density at radius 2 is 1.78 bits per heavy atom. The number of rotatable bonds is 9. The van der Waals surface area contributed by atoms with Crippen LogP contribution in [0.15, 0.2) is 59.5 Å². The van der Waals surface area contributed by atoms with E-state index in [2.05, 4.69) is 5.48 Å². The number of hydroxylamine groups is 1. The molecule has 2 saturated heterocycles. The molecule has 0 aliphatic carbocycles. The minimum atomic E-state index is -4.05. The molecule has 0 spiro atoms. The Labute approximate surface area is 218 Å². The van der Waals surface area contributed by atoms with E-state index < -0.39 is 28.0 Å². The van der Waals surface area contributed by atoms with Crippen LogP contribution in [0.2, 0.25) is 0 Å². The Morgan fingerprint density at radius 1 is 1.08 bits per heavy atom. The van der Waals surface area contributed by atoms with E-state index in [0.29, 0.717) is 31.6 Å². The molecular formula is C27H35N3O6S. The smallest absolute Gasteiger partial charge is 0.262 e. The number of likely N-dealkylation sites (tertiary alicyclic amines) is 1. The number of hydrogen-bond donors (Lipinski definition) is 1. The highest BCUT2D eigenvalue weighted by molar-refractivity contribution is 7.89. The SMILES string of the molecule is COc1ccc(S(=O)(=O)N2C(C(=O)NOCc3ccccc3)CC3CCN(C(=O)CC(C)C)C[C@@H]32)cc1. The molecule has 2 amide bonds. The molecule has 37 heavy (non-hydrogen) atoms. The lowest BCUT2D eigenvalue weighted by Gasteiger charge is -2.38. The molecule has 2 aliphatic rings. The van der Waals surface area contributed by atoms with Gasteiger partial charge in [-0.15, -0.1) is 0 Å². The fourth-order valence-electron chi connectivity index (χ4n) is 5.14. The van der Waals surface area contributed by atoms with E-state index in [0.717, 1.165) is 5.56 Å². The summed E-state index contributed by atoms with van der Waals surface area (Å²) < 4.78 is 34.3. The van der Waals surface area contributed by atoms with Crippen molar-refractivity contribution in [2.24, 2.45) is 11.8 Å². The van der Waals surface area contributed by atoms with Crippen LogP contribution in [-0.4, -0.2) is 61.7 Å². The van der Waals surface area contributed by atoms with Crippen LogP contribution in [0.5, 0.6) is 5.75 Å². The van der Waals surface area contributed by atoms with E-state index in [9.17, 15) is 18.0 Å². The fraction of sp³-hybridized carbons (Fsp3) is 0.481. The Hall–Kier alpha value is -2.95. The molecule has 200 valence electrons. The molecule has 3 atom stereocenters. The predicted octanol–water partition coefficient (Wildman–Crippen LogP) is 2.97. The summed E-state index contributed by atoms with van der Waals surface area (Å²) in [4.78, 5) is 33.4. The molecule has 2 aliphatic heterocycles. The van der Waals surface area contributed by atoms with Crippen LogP contribution < -0.4 is 10.2 Å². The first-order valence-corrected chi connectivity index (χ1v) is 14.1. The minimum absolute atomic E-state index is 0.00865. The summed E-state index contributed by atoms with van der Waals surface area (Å²) in [6.45, 7) is 4.95.